The summed E-state index contributed by atoms with van der Waals surface area (Å²) in [4.78, 5) is 14.8. The third-order valence-electron chi connectivity index (χ3n) is 5.34. The fraction of sp³-hybridized carbons (Fsp3) is 0.632. The van der Waals surface area contributed by atoms with Gasteiger partial charge in [-0.2, -0.15) is 0 Å². The van der Waals surface area contributed by atoms with Crippen LogP contribution in [0, 0.1) is 6.92 Å². The summed E-state index contributed by atoms with van der Waals surface area (Å²) >= 11 is 1.82. The van der Waals surface area contributed by atoms with E-state index in [4.69, 9.17) is 0 Å². The molecule has 0 N–H and O–H groups in total. The predicted molar refractivity (Wildman–Crippen MR) is 107 cm³/mol. The van der Waals surface area contributed by atoms with Crippen molar-refractivity contribution in [3.63, 3.8) is 0 Å². The van der Waals surface area contributed by atoms with Crippen LogP contribution >= 0.6 is 11.8 Å². The highest BCUT2D eigenvalue weighted by atomic mass is 32.2. The molecule has 2 saturated heterocycles. The van der Waals surface area contributed by atoms with E-state index in [1.807, 2.05) is 54.8 Å². The minimum absolute atomic E-state index is 0.0704. The van der Waals surface area contributed by atoms with Crippen LogP contribution in [0.2, 0.25) is 0 Å². The first-order valence-electron chi connectivity index (χ1n) is 9.38. The summed E-state index contributed by atoms with van der Waals surface area (Å²) in [5, 5.41) is 0. The number of unbranched alkanes of at least 4 members (excludes halogenated alkanes) is 1. The van der Waals surface area contributed by atoms with Gasteiger partial charge in [0, 0.05) is 31.0 Å². The first-order chi connectivity index (χ1) is 12.4. The molecule has 1 amide bonds. The Bertz CT molecular complexity index is 756. The summed E-state index contributed by atoms with van der Waals surface area (Å²) in [6.07, 6.45) is 3.00. The molecule has 0 unspecified atom stereocenters. The number of carbonyl (C=O) groups excluding carboxylic acids is 1. The van der Waals surface area contributed by atoms with Crippen LogP contribution < -0.4 is 0 Å². The van der Waals surface area contributed by atoms with Crippen LogP contribution in [0.25, 0.3) is 0 Å². The highest BCUT2D eigenvalue weighted by Gasteiger charge is 2.47. The number of aryl methyl sites for hydroxylation is 1. The number of sulfonamides is 1. The lowest BCUT2D eigenvalue weighted by Crippen LogP contribution is -2.53. The van der Waals surface area contributed by atoms with Gasteiger partial charge in [0.25, 0.3) is 5.91 Å². The molecule has 3 rings (SSSR count). The Morgan fingerprint density at radius 1 is 1.23 bits per heavy atom. The highest BCUT2D eigenvalue weighted by Crippen LogP contribution is 2.45. The Kier molecular flexibility index (Phi) is 5.99. The van der Waals surface area contributed by atoms with Gasteiger partial charge in [-0.05, 0) is 38.3 Å². The summed E-state index contributed by atoms with van der Waals surface area (Å²) in [5.74, 6) is 1.22. The van der Waals surface area contributed by atoms with Crippen LogP contribution in [0.5, 0.6) is 0 Å². The molecule has 144 valence electrons. The minimum atomic E-state index is -3.17. The normalized spacial score (nSPS) is 20.6. The minimum Gasteiger partial charge on any atom is -0.323 e. The molecule has 1 aromatic rings. The molecule has 1 spiro atoms. The van der Waals surface area contributed by atoms with Gasteiger partial charge in [0.05, 0.1) is 10.6 Å². The summed E-state index contributed by atoms with van der Waals surface area (Å²) in [6.45, 7) is 5.75. The number of amides is 1. The van der Waals surface area contributed by atoms with Crippen LogP contribution in [0.15, 0.2) is 24.3 Å². The maximum Gasteiger partial charge on any atom is 0.255 e. The fourth-order valence-corrected chi connectivity index (χ4v) is 6.92. The SMILES string of the molecule is CCCCS(=O)(=O)N1CCC2(CC1)SCCN2C(=O)c1cccc(C)c1. The summed E-state index contributed by atoms with van der Waals surface area (Å²) in [7, 11) is -3.17. The molecule has 0 aliphatic carbocycles. The molecular formula is C19H28N2O3S2. The molecule has 2 heterocycles. The number of hydrogen-bond acceptors (Lipinski definition) is 4. The number of rotatable bonds is 5. The zero-order valence-electron chi connectivity index (χ0n) is 15.6. The van der Waals surface area contributed by atoms with Gasteiger partial charge in [0.1, 0.15) is 0 Å². The third-order valence-corrected chi connectivity index (χ3v) is 8.85. The van der Waals surface area contributed by atoms with Gasteiger partial charge in [-0.1, -0.05) is 31.0 Å². The first kappa shape index (κ1) is 19.7. The molecule has 2 aliphatic heterocycles. The van der Waals surface area contributed by atoms with E-state index in [2.05, 4.69) is 0 Å². The van der Waals surface area contributed by atoms with E-state index >= 15 is 0 Å². The van der Waals surface area contributed by atoms with Gasteiger partial charge in [-0.3, -0.25) is 4.79 Å². The van der Waals surface area contributed by atoms with Crippen molar-refractivity contribution in [3.8, 4) is 0 Å². The van der Waals surface area contributed by atoms with E-state index in [9.17, 15) is 13.2 Å². The van der Waals surface area contributed by atoms with Crippen molar-refractivity contribution in [2.75, 3.05) is 31.1 Å². The van der Waals surface area contributed by atoms with E-state index in [0.717, 1.165) is 29.8 Å². The first-order valence-corrected chi connectivity index (χ1v) is 12.0. The molecule has 2 fully saturated rings. The number of hydrogen-bond donors (Lipinski definition) is 0. The van der Waals surface area contributed by atoms with Crippen molar-refractivity contribution in [3.05, 3.63) is 35.4 Å². The Morgan fingerprint density at radius 3 is 2.62 bits per heavy atom. The van der Waals surface area contributed by atoms with Gasteiger partial charge < -0.3 is 4.90 Å². The van der Waals surface area contributed by atoms with Crippen molar-refractivity contribution in [2.24, 2.45) is 0 Å². The van der Waals surface area contributed by atoms with Gasteiger partial charge in [0.2, 0.25) is 10.0 Å². The van der Waals surface area contributed by atoms with Crippen LogP contribution in [-0.2, 0) is 10.0 Å². The standard InChI is InChI=1S/C19H28N2O3S2/c1-3-4-14-26(23,24)20-10-8-19(9-11-20)21(12-13-25-19)18(22)17-7-5-6-16(2)15-17/h5-7,15H,3-4,8-14H2,1-2H3. The quantitative estimate of drug-likeness (QED) is 0.767. The van der Waals surface area contributed by atoms with Crippen molar-refractivity contribution >= 4 is 27.7 Å². The van der Waals surface area contributed by atoms with Gasteiger partial charge >= 0.3 is 0 Å². The van der Waals surface area contributed by atoms with E-state index in [-0.39, 0.29) is 16.5 Å². The van der Waals surface area contributed by atoms with Crippen molar-refractivity contribution in [2.45, 2.75) is 44.4 Å². The lowest BCUT2D eigenvalue weighted by molar-refractivity contribution is 0.0605. The Hall–Kier alpha value is -1.05. The number of thioether (sulfide) groups is 1. The molecule has 0 bridgehead atoms. The molecule has 0 aromatic heterocycles. The molecular weight excluding hydrogens is 368 g/mol. The zero-order chi connectivity index (χ0) is 18.8. The summed E-state index contributed by atoms with van der Waals surface area (Å²) in [6, 6.07) is 7.71. The average Bonchev–Trinajstić information content (AvgIpc) is 3.02. The molecule has 26 heavy (non-hydrogen) atoms. The van der Waals surface area contributed by atoms with Crippen molar-refractivity contribution < 1.29 is 13.2 Å². The van der Waals surface area contributed by atoms with E-state index in [0.29, 0.717) is 32.4 Å². The number of piperidine rings is 1. The number of nitrogens with zero attached hydrogens (tertiary/aromatic N) is 2. The maximum atomic E-state index is 13.1. The van der Waals surface area contributed by atoms with Gasteiger partial charge in [-0.25, -0.2) is 12.7 Å². The topological polar surface area (TPSA) is 57.7 Å². The van der Waals surface area contributed by atoms with E-state index < -0.39 is 10.0 Å². The third kappa shape index (κ3) is 3.94. The molecule has 5 nitrogen and oxygen atoms in total. The van der Waals surface area contributed by atoms with Crippen LogP contribution in [0.1, 0.15) is 48.5 Å². The van der Waals surface area contributed by atoms with Gasteiger partial charge in [0.15, 0.2) is 0 Å². The second-order valence-electron chi connectivity index (χ2n) is 7.19. The lowest BCUT2D eigenvalue weighted by Gasteiger charge is -2.43. The fourth-order valence-electron chi connectivity index (χ4n) is 3.81. The lowest BCUT2D eigenvalue weighted by atomic mass is 10.0. The van der Waals surface area contributed by atoms with Crippen LogP contribution in [0.3, 0.4) is 0 Å². The highest BCUT2D eigenvalue weighted by molar-refractivity contribution is 8.00. The monoisotopic (exact) mass is 396 g/mol. The molecule has 1 aromatic carbocycles. The van der Waals surface area contributed by atoms with E-state index in [1.54, 1.807) is 4.31 Å². The molecule has 0 atom stereocenters. The summed E-state index contributed by atoms with van der Waals surface area (Å²) < 4.78 is 26.5. The van der Waals surface area contributed by atoms with Gasteiger partial charge in [-0.15, -0.1) is 11.8 Å². The maximum absolute atomic E-state index is 13.1. The second kappa shape index (κ2) is 7.90. The zero-order valence-corrected chi connectivity index (χ0v) is 17.2. The Morgan fingerprint density at radius 2 is 1.96 bits per heavy atom. The van der Waals surface area contributed by atoms with Crippen LogP contribution in [-0.4, -0.2) is 59.5 Å². The van der Waals surface area contributed by atoms with Crippen LogP contribution in [0.4, 0.5) is 0 Å². The number of carbonyl (C=O) groups is 1. The molecule has 2 aliphatic rings. The largest absolute Gasteiger partial charge is 0.323 e. The molecule has 7 heteroatoms. The summed E-state index contributed by atoms with van der Waals surface area (Å²) in [5.41, 5.74) is 1.80. The van der Waals surface area contributed by atoms with E-state index in [1.165, 1.54) is 0 Å². The Labute approximate surface area is 161 Å². The number of benzene rings is 1. The predicted octanol–water partition coefficient (Wildman–Crippen LogP) is 3.11. The second-order valence-corrected chi connectivity index (χ2v) is 10.7. The average molecular weight is 397 g/mol. The Balaban J connectivity index is 1.72. The molecule has 0 radical (unpaired) electrons. The van der Waals surface area contributed by atoms with Crippen molar-refractivity contribution in [1.82, 2.24) is 9.21 Å². The smallest absolute Gasteiger partial charge is 0.255 e. The molecule has 0 saturated carbocycles. The van der Waals surface area contributed by atoms with Crippen molar-refractivity contribution in [1.29, 1.82) is 0 Å².